The molecule has 1 aromatic carbocycles. The summed E-state index contributed by atoms with van der Waals surface area (Å²) < 4.78 is 3.30. The molecule has 0 saturated heterocycles. The fourth-order valence-corrected chi connectivity index (χ4v) is 2.29. The van der Waals surface area contributed by atoms with E-state index in [1.54, 1.807) is 11.3 Å². The number of fused-ring (bicyclic) bond motifs is 1. The average Bonchev–Trinajstić information content (AvgIpc) is 2.54. The van der Waals surface area contributed by atoms with Crippen LogP contribution >= 0.6 is 11.3 Å². The van der Waals surface area contributed by atoms with Gasteiger partial charge in [-0.2, -0.15) is 5.10 Å². The molecule has 0 bridgehead atoms. The van der Waals surface area contributed by atoms with Crippen LogP contribution in [0.2, 0.25) is 0 Å². The summed E-state index contributed by atoms with van der Waals surface area (Å²) in [6.07, 6.45) is 0. The number of aryl methyl sites for hydroxylation is 1. The van der Waals surface area contributed by atoms with Crippen LogP contribution in [0.5, 0.6) is 0 Å². The van der Waals surface area contributed by atoms with Crippen molar-refractivity contribution >= 4 is 27.3 Å². The number of nitrogens with zero attached hydrogens (tertiary/aromatic N) is 3. The molecule has 0 aliphatic carbocycles. The standard InChI is InChI=1S/C11H13N3S/c1-8(2)12-13-11-14(3)9-6-4-5-7-10(9)15-11/h4-7H,1-3H3. The average molecular weight is 219 g/mol. The predicted octanol–water partition coefficient (Wildman–Crippen LogP) is 2.54. The fourth-order valence-electron chi connectivity index (χ4n) is 1.32. The molecule has 4 heteroatoms. The van der Waals surface area contributed by atoms with Gasteiger partial charge in [-0.3, -0.25) is 0 Å². The molecule has 0 radical (unpaired) electrons. The molecule has 0 aliphatic heterocycles. The van der Waals surface area contributed by atoms with E-state index in [2.05, 4.69) is 26.9 Å². The highest BCUT2D eigenvalue weighted by Gasteiger charge is 2.00. The van der Waals surface area contributed by atoms with Crippen molar-refractivity contribution in [1.29, 1.82) is 0 Å². The number of hydrogen-bond acceptors (Lipinski definition) is 3. The minimum Gasteiger partial charge on any atom is -0.318 e. The summed E-state index contributed by atoms with van der Waals surface area (Å²) in [5.74, 6) is 0. The van der Waals surface area contributed by atoms with Crippen LogP contribution < -0.4 is 4.80 Å². The van der Waals surface area contributed by atoms with Gasteiger partial charge >= 0.3 is 0 Å². The first-order valence-electron chi connectivity index (χ1n) is 4.78. The Bertz CT molecular complexity index is 571. The maximum absolute atomic E-state index is 4.21. The van der Waals surface area contributed by atoms with Gasteiger partial charge in [-0.15, -0.1) is 5.10 Å². The van der Waals surface area contributed by atoms with Gasteiger partial charge in [0.1, 0.15) is 0 Å². The second-order valence-corrected chi connectivity index (χ2v) is 4.57. The molecule has 1 heterocycles. The molecule has 0 fully saturated rings. The Morgan fingerprint density at radius 3 is 2.67 bits per heavy atom. The molecule has 0 aliphatic rings. The van der Waals surface area contributed by atoms with E-state index in [4.69, 9.17) is 0 Å². The van der Waals surface area contributed by atoms with Crippen LogP contribution in [0.15, 0.2) is 34.5 Å². The van der Waals surface area contributed by atoms with E-state index >= 15 is 0 Å². The van der Waals surface area contributed by atoms with Crippen LogP contribution in [0.25, 0.3) is 10.2 Å². The lowest BCUT2D eigenvalue weighted by atomic mass is 10.3. The summed E-state index contributed by atoms with van der Waals surface area (Å²) >= 11 is 1.66. The van der Waals surface area contributed by atoms with Crippen LogP contribution in [-0.4, -0.2) is 10.3 Å². The van der Waals surface area contributed by atoms with Crippen LogP contribution in [-0.2, 0) is 7.05 Å². The highest BCUT2D eigenvalue weighted by molar-refractivity contribution is 7.16. The number of rotatable bonds is 1. The van der Waals surface area contributed by atoms with Gasteiger partial charge in [0.25, 0.3) is 0 Å². The van der Waals surface area contributed by atoms with Gasteiger partial charge in [0.05, 0.1) is 10.2 Å². The van der Waals surface area contributed by atoms with Gasteiger partial charge in [-0.05, 0) is 26.0 Å². The van der Waals surface area contributed by atoms with Gasteiger partial charge in [-0.1, -0.05) is 23.5 Å². The van der Waals surface area contributed by atoms with E-state index in [0.29, 0.717) is 0 Å². The van der Waals surface area contributed by atoms with Gasteiger partial charge in [0.2, 0.25) is 4.80 Å². The number of hydrogen-bond donors (Lipinski definition) is 0. The molecule has 0 unspecified atom stereocenters. The largest absolute Gasteiger partial charge is 0.318 e. The van der Waals surface area contributed by atoms with Crippen LogP contribution in [0.3, 0.4) is 0 Å². The summed E-state index contributed by atoms with van der Waals surface area (Å²) in [6, 6.07) is 8.26. The van der Waals surface area contributed by atoms with Crippen molar-refractivity contribution in [1.82, 2.24) is 4.57 Å². The molecule has 0 amide bonds. The van der Waals surface area contributed by atoms with Crippen molar-refractivity contribution in [2.75, 3.05) is 0 Å². The summed E-state index contributed by atoms with van der Waals surface area (Å²) in [4.78, 5) is 0.928. The number of thiazole rings is 1. The first-order chi connectivity index (χ1) is 7.18. The third kappa shape index (κ3) is 1.99. The molecule has 0 spiro atoms. The van der Waals surface area contributed by atoms with Gasteiger partial charge in [-0.25, -0.2) is 0 Å². The Morgan fingerprint density at radius 1 is 1.27 bits per heavy atom. The highest BCUT2D eigenvalue weighted by atomic mass is 32.1. The van der Waals surface area contributed by atoms with Crippen molar-refractivity contribution in [3.8, 4) is 0 Å². The van der Waals surface area contributed by atoms with E-state index in [1.807, 2.05) is 33.0 Å². The first kappa shape index (κ1) is 10.1. The first-order valence-corrected chi connectivity index (χ1v) is 5.59. The second-order valence-electron chi connectivity index (χ2n) is 3.56. The van der Waals surface area contributed by atoms with E-state index in [-0.39, 0.29) is 0 Å². The zero-order chi connectivity index (χ0) is 10.8. The maximum Gasteiger partial charge on any atom is 0.211 e. The minimum atomic E-state index is 0.928. The molecule has 2 rings (SSSR count). The van der Waals surface area contributed by atoms with Crippen molar-refractivity contribution in [2.24, 2.45) is 17.3 Å². The Balaban J connectivity index is 2.68. The summed E-state index contributed by atoms with van der Waals surface area (Å²) in [5, 5.41) is 8.29. The Labute approximate surface area is 92.4 Å². The molecular weight excluding hydrogens is 206 g/mol. The molecule has 78 valence electrons. The maximum atomic E-state index is 4.21. The van der Waals surface area contributed by atoms with Crippen LogP contribution in [0, 0.1) is 0 Å². The number of para-hydroxylation sites is 1. The lowest BCUT2D eigenvalue weighted by Gasteiger charge is -1.92. The minimum absolute atomic E-state index is 0.928. The zero-order valence-electron chi connectivity index (χ0n) is 9.06. The Morgan fingerprint density at radius 2 is 2.00 bits per heavy atom. The van der Waals surface area contributed by atoms with E-state index in [0.717, 1.165) is 10.5 Å². The van der Waals surface area contributed by atoms with Gasteiger partial charge in [0.15, 0.2) is 0 Å². The second kappa shape index (κ2) is 3.98. The lowest BCUT2D eigenvalue weighted by molar-refractivity contribution is 0.888. The molecule has 2 aromatic rings. The van der Waals surface area contributed by atoms with E-state index in [1.165, 1.54) is 10.2 Å². The molecule has 0 atom stereocenters. The molecule has 15 heavy (non-hydrogen) atoms. The van der Waals surface area contributed by atoms with Crippen molar-refractivity contribution in [3.05, 3.63) is 29.1 Å². The van der Waals surface area contributed by atoms with Crippen LogP contribution in [0.4, 0.5) is 0 Å². The summed E-state index contributed by atoms with van der Waals surface area (Å²) in [7, 11) is 2.01. The Kier molecular flexibility index (Phi) is 2.68. The molecule has 0 N–H and O–H groups in total. The predicted molar refractivity (Wildman–Crippen MR) is 65.1 cm³/mol. The number of aromatic nitrogens is 1. The van der Waals surface area contributed by atoms with Crippen molar-refractivity contribution < 1.29 is 0 Å². The topological polar surface area (TPSA) is 29.6 Å². The van der Waals surface area contributed by atoms with E-state index in [9.17, 15) is 0 Å². The molecular formula is C11H13N3S. The van der Waals surface area contributed by atoms with Crippen molar-refractivity contribution in [2.45, 2.75) is 13.8 Å². The monoisotopic (exact) mass is 219 g/mol. The third-order valence-electron chi connectivity index (χ3n) is 2.05. The van der Waals surface area contributed by atoms with Gasteiger partial charge < -0.3 is 4.57 Å². The summed E-state index contributed by atoms with van der Waals surface area (Å²) in [5.41, 5.74) is 2.16. The van der Waals surface area contributed by atoms with Gasteiger partial charge in [0, 0.05) is 12.8 Å². The smallest absolute Gasteiger partial charge is 0.211 e. The van der Waals surface area contributed by atoms with Crippen LogP contribution in [0.1, 0.15) is 13.8 Å². The summed E-state index contributed by atoms with van der Waals surface area (Å²) in [6.45, 7) is 3.88. The third-order valence-corrected chi connectivity index (χ3v) is 3.15. The fraction of sp³-hybridized carbons (Fsp3) is 0.273. The van der Waals surface area contributed by atoms with E-state index < -0.39 is 0 Å². The molecule has 0 saturated carbocycles. The SMILES string of the molecule is CC(C)=NN=c1sc2ccccc2n1C. The quantitative estimate of drug-likeness (QED) is 0.521. The Hall–Kier alpha value is -1.42. The lowest BCUT2D eigenvalue weighted by Crippen LogP contribution is -2.09. The molecule has 3 nitrogen and oxygen atoms in total. The zero-order valence-corrected chi connectivity index (χ0v) is 9.88. The highest BCUT2D eigenvalue weighted by Crippen LogP contribution is 2.14. The number of benzene rings is 1. The molecule has 1 aromatic heterocycles. The normalized spacial score (nSPS) is 12.1. The van der Waals surface area contributed by atoms with Crippen molar-refractivity contribution in [3.63, 3.8) is 0 Å².